The van der Waals surface area contributed by atoms with Crippen LogP contribution in [0.5, 0.6) is 0 Å². The molecule has 14 heavy (non-hydrogen) atoms. The van der Waals surface area contributed by atoms with Crippen molar-refractivity contribution in [2.24, 2.45) is 0 Å². The van der Waals surface area contributed by atoms with Gasteiger partial charge in [0.2, 0.25) is 0 Å². The quantitative estimate of drug-likeness (QED) is 0.752. The van der Waals surface area contributed by atoms with Crippen LogP contribution in [0.4, 0.5) is 4.39 Å². The van der Waals surface area contributed by atoms with Crippen molar-refractivity contribution < 1.29 is 4.39 Å². The first kappa shape index (κ1) is 9.61. The summed E-state index contributed by atoms with van der Waals surface area (Å²) in [6.45, 7) is 0. The Morgan fingerprint density at radius 1 is 1.43 bits per heavy atom. The Balaban J connectivity index is 1.98. The van der Waals surface area contributed by atoms with Gasteiger partial charge in [-0.2, -0.15) is 0 Å². The second kappa shape index (κ2) is 4.52. The van der Waals surface area contributed by atoms with E-state index in [1.807, 2.05) is 6.07 Å². The minimum Gasteiger partial charge on any atom is -0.207 e. The number of thioether (sulfide) groups is 1. The normalized spacial score (nSPS) is 10.4. The van der Waals surface area contributed by atoms with E-state index in [0.29, 0.717) is 0 Å². The number of hydrogen-bond acceptors (Lipinski definition) is 4. The first-order chi connectivity index (χ1) is 6.84. The summed E-state index contributed by atoms with van der Waals surface area (Å²) in [5.74, 6) is 0.535. The molecule has 0 atom stereocenters. The average Bonchev–Trinajstić information content (AvgIpc) is 2.67. The summed E-state index contributed by atoms with van der Waals surface area (Å²) in [7, 11) is 0. The fraction of sp³-hybridized carbons (Fsp3) is 0.111. The van der Waals surface area contributed by atoms with E-state index in [1.54, 1.807) is 23.3 Å². The van der Waals surface area contributed by atoms with Gasteiger partial charge in [-0.1, -0.05) is 35.2 Å². The van der Waals surface area contributed by atoms with Crippen LogP contribution < -0.4 is 0 Å². The van der Waals surface area contributed by atoms with Gasteiger partial charge in [0.1, 0.15) is 11.3 Å². The lowest BCUT2D eigenvalue weighted by atomic mass is 10.2. The van der Waals surface area contributed by atoms with E-state index >= 15 is 0 Å². The van der Waals surface area contributed by atoms with Gasteiger partial charge < -0.3 is 0 Å². The largest absolute Gasteiger partial charge is 0.207 e. The van der Waals surface area contributed by atoms with Crippen LogP contribution >= 0.6 is 23.1 Å². The molecule has 0 bridgehead atoms. The molecule has 1 heterocycles. The summed E-state index contributed by atoms with van der Waals surface area (Å²) in [5, 5.41) is 7.62. The maximum atomic E-state index is 12.8. The number of rotatable bonds is 3. The molecule has 0 aliphatic rings. The zero-order valence-corrected chi connectivity index (χ0v) is 8.82. The Kier molecular flexibility index (Phi) is 3.10. The Labute approximate surface area is 89.2 Å². The second-order valence-electron chi connectivity index (χ2n) is 2.62. The predicted octanol–water partition coefficient (Wildman–Crippen LogP) is 2.97. The first-order valence-corrected chi connectivity index (χ1v) is 5.84. The van der Waals surface area contributed by atoms with Crippen LogP contribution in [0.25, 0.3) is 0 Å². The fourth-order valence-electron chi connectivity index (χ4n) is 0.998. The molecule has 2 aromatic rings. The standard InChI is InChI=1S/C9H7FN2S2/c10-8-3-1-2-7(4-8)5-13-9-12-11-6-14-9/h1-4,6H,5H2. The monoisotopic (exact) mass is 226 g/mol. The van der Waals surface area contributed by atoms with Gasteiger partial charge in [0.05, 0.1) is 0 Å². The molecule has 2 rings (SSSR count). The van der Waals surface area contributed by atoms with Gasteiger partial charge in [-0.25, -0.2) is 4.39 Å². The van der Waals surface area contributed by atoms with Crippen molar-refractivity contribution in [1.29, 1.82) is 0 Å². The molecule has 1 aromatic heterocycles. The van der Waals surface area contributed by atoms with Gasteiger partial charge in [-0.05, 0) is 17.7 Å². The summed E-state index contributed by atoms with van der Waals surface area (Å²) in [6, 6.07) is 6.59. The minimum atomic E-state index is -0.194. The molecule has 0 fully saturated rings. The number of hydrogen-bond donors (Lipinski definition) is 0. The third-order valence-corrected chi connectivity index (χ3v) is 3.52. The number of aromatic nitrogens is 2. The van der Waals surface area contributed by atoms with Crippen molar-refractivity contribution in [2.75, 3.05) is 0 Å². The zero-order valence-electron chi connectivity index (χ0n) is 7.18. The predicted molar refractivity (Wildman–Crippen MR) is 55.9 cm³/mol. The van der Waals surface area contributed by atoms with Crippen molar-refractivity contribution in [3.63, 3.8) is 0 Å². The molecule has 0 aliphatic heterocycles. The molecule has 72 valence electrons. The van der Waals surface area contributed by atoms with Gasteiger partial charge in [0.25, 0.3) is 0 Å². The average molecular weight is 226 g/mol. The molecule has 0 N–H and O–H groups in total. The maximum absolute atomic E-state index is 12.8. The van der Waals surface area contributed by atoms with Gasteiger partial charge in [-0.3, -0.25) is 0 Å². The Bertz CT molecular complexity index is 403. The molecule has 0 radical (unpaired) electrons. The molecule has 1 aromatic carbocycles. The van der Waals surface area contributed by atoms with Gasteiger partial charge in [0.15, 0.2) is 4.34 Å². The first-order valence-electron chi connectivity index (χ1n) is 3.98. The lowest BCUT2D eigenvalue weighted by Gasteiger charge is -1.97. The van der Waals surface area contributed by atoms with Crippen molar-refractivity contribution >= 4 is 23.1 Å². The van der Waals surface area contributed by atoms with Crippen LogP contribution in [-0.2, 0) is 5.75 Å². The van der Waals surface area contributed by atoms with E-state index in [0.717, 1.165) is 15.7 Å². The molecule has 2 nitrogen and oxygen atoms in total. The lowest BCUT2D eigenvalue weighted by Crippen LogP contribution is -1.82. The van der Waals surface area contributed by atoms with Gasteiger partial charge in [0, 0.05) is 5.75 Å². The third kappa shape index (κ3) is 2.52. The second-order valence-corrected chi connectivity index (χ2v) is 4.68. The van der Waals surface area contributed by atoms with E-state index < -0.39 is 0 Å². The van der Waals surface area contributed by atoms with Crippen molar-refractivity contribution in [1.82, 2.24) is 10.2 Å². The van der Waals surface area contributed by atoms with E-state index in [4.69, 9.17) is 0 Å². The summed E-state index contributed by atoms with van der Waals surface area (Å²) in [6.07, 6.45) is 0. The van der Waals surface area contributed by atoms with Crippen LogP contribution in [0.15, 0.2) is 34.1 Å². The summed E-state index contributed by atoms with van der Waals surface area (Å²) < 4.78 is 13.7. The zero-order chi connectivity index (χ0) is 9.80. The Hall–Kier alpha value is -0.940. The Morgan fingerprint density at radius 3 is 3.07 bits per heavy atom. The number of halogens is 1. The van der Waals surface area contributed by atoms with Crippen LogP contribution in [0.2, 0.25) is 0 Å². The lowest BCUT2D eigenvalue weighted by molar-refractivity contribution is 0.626. The summed E-state index contributed by atoms with van der Waals surface area (Å²) in [5.41, 5.74) is 2.65. The fourth-order valence-corrected chi connectivity index (χ4v) is 2.43. The van der Waals surface area contributed by atoms with Crippen molar-refractivity contribution in [2.45, 2.75) is 10.1 Å². The highest BCUT2D eigenvalue weighted by atomic mass is 32.2. The smallest absolute Gasteiger partial charge is 0.174 e. The molecule has 0 saturated heterocycles. The molecular formula is C9H7FN2S2. The highest BCUT2D eigenvalue weighted by Gasteiger charge is 1.99. The minimum absolute atomic E-state index is 0.194. The molecule has 5 heteroatoms. The Morgan fingerprint density at radius 2 is 2.36 bits per heavy atom. The van der Waals surface area contributed by atoms with Crippen LogP contribution in [0.1, 0.15) is 5.56 Å². The summed E-state index contributed by atoms with van der Waals surface area (Å²) in [4.78, 5) is 0. The van der Waals surface area contributed by atoms with Crippen molar-refractivity contribution in [3.8, 4) is 0 Å². The van der Waals surface area contributed by atoms with Crippen LogP contribution in [-0.4, -0.2) is 10.2 Å². The number of nitrogens with zero attached hydrogens (tertiary/aromatic N) is 2. The van der Waals surface area contributed by atoms with E-state index in [-0.39, 0.29) is 5.82 Å². The molecule has 0 amide bonds. The molecular weight excluding hydrogens is 219 g/mol. The van der Waals surface area contributed by atoms with Gasteiger partial charge in [-0.15, -0.1) is 10.2 Å². The van der Waals surface area contributed by atoms with E-state index in [1.165, 1.54) is 23.5 Å². The molecule has 0 spiro atoms. The van der Waals surface area contributed by atoms with Gasteiger partial charge >= 0.3 is 0 Å². The van der Waals surface area contributed by atoms with Crippen molar-refractivity contribution in [3.05, 3.63) is 41.2 Å². The highest BCUT2D eigenvalue weighted by Crippen LogP contribution is 2.23. The van der Waals surface area contributed by atoms with Crippen LogP contribution in [0.3, 0.4) is 0 Å². The highest BCUT2D eigenvalue weighted by molar-refractivity contribution is 8.00. The maximum Gasteiger partial charge on any atom is 0.174 e. The SMILES string of the molecule is Fc1cccc(CSc2nncs2)c1. The molecule has 0 aliphatic carbocycles. The molecule has 0 saturated carbocycles. The molecule has 0 unspecified atom stereocenters. The topological polar surface area (TPSA) is 25.8 Å². The van der Waals surface area contributed by atoms with Crippen LogP contribution in [0, 0.1) is 5.82 Å². The summed E-state index contributed by atoms with van der Waals surface area (Å²) >= 11 is 3.06. The van der Waals surface area contributed by atoms with E-state index in [9.17, 15) is 4.39 Å². The van der Waals surface area contributed by atoms with E-state index in [2.05, 4.69) is 10.2 Å². The third-order valence-electron chi connectivity index (χ3n) is 1.59. The number of benzene rings is 1.